The van der Waals surface area contributed by atoms with Crippen LogP contribution < -0.4 is 4.74 Å². The molecule has 0 fully saturated rings. The van der Waals surface area contributed by atoms with Gasteiger partial charge >= 0.3 is 12.1 Å². The number of rotatable bonds is 8. The van der Waals surface area contributed by atoms with E-state index in [1.165, 1.54) is 12.3 Å². The molecule has 1 aromatic rings. The first-order valence-electron chi connectivity index (χ1n) is 6.01. The molecule has 0 spiro atoms. The fourth-order valence-electron chi connectivity index (χ4n) is 1.27. The Labute approximate surface area is 119 Å². The Morgan fingerprint density at radius 3 is 2.67 bits per heavy atom. The highest BCUT2D eigenvalue weighted by atomic mass is 19.4. The van der Waals surface area contributed by atoms with E-state index in [0.29, 0.717) is 17.9 Å². The number of carboxylic acids is 1. The van der Waals surface area contributed by atoms with Crippen LogP contribution in [-0.2, 0) is 9.53 Å². The van der Waals surface area contributed by atoms with Crippen LogP contribution in [0.1, 0.15) is 12.1 Å². The van der Waals surface area contributed by atoms with Gasteiger partial charge in [0.25, 0.3) is 0 Å². The molecule has 1 rings (SSSR count). The summed E-state index contributed by atoms with van der Waals surface area (Å²) >= 11 is 0. The predicted molar refractivity (Wildman–Crippen MR) is 67.9 cm³/mol. The molecule has 0 unspecified atom stereocenters. The van der Waals surface area contributed by atoms with Crippen LogP contribution in [0.3, 0.4) is 0 Å². The molecule has 0 saturated carbocycles. The van der Waals surface area contributed by atoms with E-state index in [4.69, 9.17) is 9.84 Å². The number of nitrogens with zero attached hydrogens (tertiary/aromatic N) is 1. The Bertz CT molecular complexity index is 471. The van der Waals surface area contributed by atoms with Crippen molar-refractivity contribution in [1.82, 2.24) is 4.98 Å². The zero-order valence-corrected chi connectivity index (χ0v) is 11.0. The first-order chi connectivity index (χ1) is 9.87. The number of hydrogen-bond donors (Lipinski definition) is 1. The standard InChI is InChI=1S/C13H14F3NO4/c14-13(15,16)9-20-6-1-7-21-11-4-2-10(17-8-11)3-5-12(18)19/h2-5,8H,1,6-7,9H2,(H,18,19). The van der Waals surface area contributed by atoms with Crippen molar-refractivity contribution in [1.29, 1.82) is 0 Å². The summed E-state index contributed by atoms with van der Waals surface area (Å²) in [5.41, 5.74) is 0.457. The van der Waals surface area contributed by atoms with Gasteiger partial charge in [0.1, 0.15) is 12.4 Å². The summed E-state index contributed by atoms with van der Waals surface area (Å²) in [5, 5.41) is 8.45. The lowest BCUT2D eigenvalue weighted by Gasteiger charge is -2.08. The number of pyridine rings is 1. The third-order valence-electron chi connectivity index (χ3n) is 2.12. The van der Waals surface area contributed by atoms with Crippen LogP contribution in [0.15, 0.2) is 24.4 Å². The summed E-state index contributed by atoms with van der Waals surface area (Å²) in [6.45, 7) is -1.12. The van der Waals surface area contributed by atoms with Gasteiger partial charge in [-0.2, -0.15) is 13.2 Å². The maximum atomic E-state index is 11.8. The number of alkyl halides is 3. The Morgan fingerprint density at radius 2 is 2.10 bits per heavy atom. The highest BCUT2D eigenvalue weighted by Crippen LogP contribution is 2.14. The van der Waals surface area contributed by atoms with Crippen molar-refractivity contribution in [2.75, 3.05) is 19.8 Å². The number of carboxylic acid groups (broad SMARTS) is 1. The predicted octanol–water partition coefficient (Wildman–Crippen LogP) is 2.53. The van der Waals surface area contributed by atoms with E-state index in [1.54, 1.807) is 12.1 Å². The molecule has 116 valence electrons. The molecule has 0 saturated heterocycles. The molecule has 0 aliphatic rings. The van der Waals surface area contributed by atoms with Crippen molar-refractivity contribution < 1.29 is 32.5 Å². The zero-order chi connectivity index (χ0) is 15.7. The van der Waals surface area contributed by atoms with Crippen molar-refractivity contribution in [2.45, 2.75) is 12.6 Å². The molecule has 0 aromatic carbocycles. The summed E-state index contributed by atoms with van der Waals surface area (Å²) in [6, 6.07) is 3.15. The van der Waals surface area contributed by atoms with Crippen molar-refractivity contribution in [3.05, 3.63) is 30.1 Å². The lowest BCUT2D eigenvalue weighted by Crippen LogP contribution is -2.18. The summed E-state index contributed by atoms with van der Waals surface area (Å²) < 4.78 is 45.0. The van der Waals surface area contributed by atoms with Gasteiger partial charge in [0, 0.05) is 12.5 Å². The number of aromatic nitrogens is 1. The molecule has 0 bridgehead atoms. The van der Waals surface area contributed by atoms with Crippen LogP contribution in [0.5, 0.6) is 5.75 Å². The number of halogens is 3. The largest absolute Gasteiger partial charge is 0.492 e. The molecule has 1 aromatic heterocycles. The second-order valence-electron chi connectivity index (χ2n) is 3.96. The third kappa shape index (κ3) is 8.64. The fraction of sp³-hybridized carbons (Fsp3) is 0.385. The molecule has 1 N–H and O–H groups in total. The topological polar surface area (TPSA) is 68.7 Å². The van der Waals surface area contributed by atoms with Crippen LogP contribution in [-0.4, -0.2) is 42.1 Å². The Hall–Kier alpha value is -2.09. The van der Waals surface area contributed by atoms with Gasteiger partial charge < -0.3 is 14.6 Å². The van der Waals surface area contributed by atoms with E-state index in [-0.39, 0.29) is 13.2 Å². The van der Waals surface area contributed by atoms with Gasteiger partial charge in [0.05, 0.1) is 25.1 Å². The number of aliphatic carboxylic acids is 1. The molecule has 21 heavy (non-hydrogen) atoms. The quantitative estimate of drug-likeness (QED) is 0.590. The maximum absolute atomic E-state index is 11.8. The summed E-state index contributed by atoms with van der Waals surface area (Å²) in [6.07, 6.45) is -0.309. The van der Waals surface area contributed by atoms with E-state index in [2.05, 4.69) is 9.72 Å². The molecule has 8 heteroatoms. The van der Waals surface area contributed by atoms with E-state index in [0.717, 1.165) is 6.08 Å². The Kier molecular flexibility index (Phi) is 6.67. The minimum Gasteiger partial charge on any atom is -0.492 e. The zero-order valence-electron chi connectivity index (χ0n) is 11.0. The number of ether oxygens (including phenoxy) is 2. The molecule has 5 nitrogen and oxygen atoms in total. The smallest absolute Gasteiger partial charge is 0.411 e. The summed E-state index contributed by atoms with van der Waals surface area (Å²) in [4.78, 5) is 14.3. The molecule has 0 atom stereocenters. The third-order valence-corrected chi connectivity index (χ3v) is 2.12. The van der Waals surface area contributed by atoms with E-state index in [1.807, 2.05) is 0 Å². The first-order valence-corrected chi connectivity index (χ1v) is 6.01. The lowest BCUT2D eigenvalue weighted by molar-refractivity contribution is -0.174. The Morgan fingerprint density at radius 1 is 1.33 bits per heavy atom. The van der Waals surface area contributed by atoms with Gasteiger partial charge in [-0.1, -0.05) is 0 Å². The molecule has 0 radical (unpaired) electrons. The van der Waals surface area contributed by atoms with Crippen molar-refractivity contribution in [2.24, 2.45) is 0 Å². The van der Waals surface area contributed by atoms with Gasteiger partial charge in [0.15, 0.2) is 0 Å². The molecular formula is C13H14F3NO4. The molecule has 0 aliphatic heterocycles. The minimum atomic E-state index is -4.32. The second-order valence-corrected chi connectivity index (χ2v) is 3.96. The monoisotopic (exact) mass is 305 g/mol. The van der Waals surface area contributed by atoms with Crippen LogP contribution in [0, 0.1) is 0 Å². The van der Waals surface area contributed by atoms with Crippen molar-refractivity contribution in [3.8, 4) is 5.75 Å². The van der Waals surface area contributed by atoms with Crippen molar-refractivity contribution in [3.63, 3.8) is 0 Å². The van der Waals surface area contributed by atoms with Gasteiger partial charge in [-0.05, 0) is 18.2 Å². The van der Waals surface area contributed by atoms with E-state index >= 15 is 0 Å². The number of hydrogen-bond acceptors (Lipinski definition) is 4. The highest BCUT2D eigenvalue weighted by Gasteiger charge is 2.27. The maximum Gasteiger partial charge on any atom is 0.411 e. The van der Waals surface area contributed by atoms with Crippen LogP contribution in [0.4, 0.5) is 13.2 Å². The van der Waals surface area contributed by atoms with Crippen LogP contribution in [0.2, 0.25) is 0 Å². The summed E-state index contributed by atoms with van der Waals surface area (Å²) in [7, 11) is 0. The molecule has 1 heterocycles. The van der Waals surface area contributed by atoms with Gasteiger partial charge in [-0.25, -0.2) is 4.79 Å². The SMILES string of the molecule is O=C(O)C=Cc1ccc(OCCCOCC(F)(F)F)cn1. The lowest BCUT2D eigenvalue weighted by atomic mass is 10.3. The summed E-state index contributed by atoms with van der Waals surface area (Å²) in [5.74, 6) is -0.630. The van der Waals surface area contributed by atoms with Gasteiger partial charge in [-0.3, -0.25) is 4.98 Å². The number of carbonyl (C=O) groups is 1. The fourth-order valence-corrected chi connectivity index (χ4v) is 1.27. The van der Waals surface area contributed by atoms with Crippen molar-refractivity contribution >= 4 is 12.0 Å². The molecule has 0 aliphatic carbocycles. The molecule has 0 amide bonds. The van der Waals surface area contributed by atoms with Crippen LogP contribution in [0.25, 0.3) is 6.08 Å². The van der Waals surface area contributed by atoms with Crippen LogP contribution >= 0.6 is 0 Å². The van der Waals surface area contributed by atoms with E-state index < -0.39 is 18.8 Å². The average Bonchev–Trinajstić information content (AvgIpc) is 2.40. The van der Waals surface area contributed by atoms with Gasteiger partial charge in [0.2, 0.25) is 0 Å². The highest BCUT2D eigenvalue weighted by molar-refractivity contribution is 5.84. The normalized spacial score (nSPS) is 11.8. The van der Waals surface area contributed by atoms with E-state index in [9.17, 15) is 18.0 Å². The molecular weight excluding hydrogens is 291 g/mol. The first kappa shape index (κ1) is 17.0. The van der Waals surface area contributed by atoms with Gasteiger partial charge in [-0.15, -0.1) is 0 Å². The second kappa shape index (κ2) is 8.25. The Balaban J connectivity index is 2.22. The average molecular weight is 305 g/mol. The minimum absolute atomic E-state index is 0.0492.